The second kappa shape index (κ2) is 10.2. The van der Waals surface area contributed by atoms with Crippen molar-refractivity contribution in [1.29, 1.82) is 0 Å². The van der Waals surface area contributed by atoms with Crippen molar-refractivity contribution in [3.63, 3.8) is 0 Å². The van der Waals surface area contributed by atoms with Gasteiger partial charge in [-0.05, 0) is 87.0 Å². The number of nitrogens with one attached hydrogen (secondary N) is 1. The number of allylic oxidation sites excluding steroid dienone is 2. The summed E-state index contributed by atoms with van der Waals surface area (Å²) in [5.41, 5.74) is 3.38. The highest BCUT2D eigenvalue weighted by Crippen LogP contribution is 2.63. The molecule has 2 N–H and O–H groups in total. The lowest BCUT2D eigenvalue weighted by atomic mass is 9.56. The van der Waals surface area contributed by atoms with Gasteiger partial charge in [0.2, 0.25) is 0 Å². The van der Waals surface area contributed by atoms with E-state index in [1.165, 1.54) is 18.2 Å². The molecule has 4 aromatic rings. The summed E-state index contributed by atoms with van der Waals surface area (Å²) in [4.78, 5) is 16.0. The number of alkyl halides is 3. The van der Waals surface area contributed by atoms with Gasteiger partial charge in [0.05, 0.1) is 17.7 Å². The Hall–Kier alpha value is -4.18. The average molecular weight is 590 g/mol. The zero-order valence-electron chi connectivity index (χ0n) is 23.6. The molecule has 0 radical (unpaired) electrons. The zero-order valence-corrected chi connectivity index (χ0v) is 23.6. The Morgan fingerprint density at radius 1 is 1.14 bits per heavy atom. The van der Waals surface area contributed by atoms with Crippen LogP contribution in [0.5, 0.6) is 5.75 Å². The number of ether oxygens (including phenoxy) is 1. The van der Waals surface area contributed by atoms with E-state index in [0.29, 0.717) is 41.0 Å². The maximum atomic E-state index is 14.2. The van der Waals surface area contributed by atoms with E-state index in [2.05, 4.69) is 15.5 Å². The van der Waals surface area contributed by atoms with Crippen LogP contribution in [0.4, 0.5) is 13.2 Å². The fourth-order valence-electron chi connectivity index (χ4n) is 6.83. The molecular weight excluding hydrogens is 559 g/mol. The lowest BCUT2D eigenvalue weighted by molar-refractivity contribution is -0.137. The van der Waals surface area contributed by atoms with Crippen molar-refractivity contribution >= 4 is 28.0 Å². The molecular formula is C33H30F3N3O4. The van der Waals surface area contributed by atoms with Gasteiger partial charge >= 0.3 is 12.1 Å². The molecule has 1 saturated carbocycles. The van der Waals surface area contributed by atoms with Gasteiger partial charge in [-0.25, -0.2) is 9.78 Å². The predicted molar refractivity (Wildman–Crippen MR) is 155 cm³/mol. The minimum absolute atomic E-state index is 0.0151. The number of hydrogen-bond acceptors (Lipinski definition) is 6. The number of carboxylic acid groups (broad SMARTS) is 1. The van der Waals surface area contributed by atoms with E-state index in [1.54, 1.807) is 12.1 Å². The molecule has 0 amide bonds. The van der Waals surface area contributed by atoms with Gasteiger partial charge in [0, 0.05) is 33.9 Å². The molecule has 1 saturated heterocycles. The summed E-state index contributed by atoms with van der Waals surface area (Å²) >= 11 is 0. The van der Waals surface area contributed by atoms with E-state index in [0.717, 1.165) is 61.5 Å². The van der Waals surface area contributed by atoms with Crippen LogP contribution in [-0.2, 0) is 6.18 Å². The Morgan fingerprint density at radius 3 is 2.60 bits per heavy atom. The van der Waals surface area contributed by atoms with Gasteiger partial charge in [0.15, 0.2) is 5.69 Å². The van der Waals surface area contributed by atoms with Gasteiger partial charge < -0.3 is 19.7 Å². The lowest BCUT2D eigenvalue weighted by Gasteiger charge is -2.49. The van der Waals surface area contributed by atoms with Crippen LogP contribution in [0.1, 0.15) is 77.9 Å². The third-order valence-electron chi connectivity index (χ3n) is 8.94. The summed E-state index contributed by atoms with van der Waals surface area (Å²) in [5.74, 6) is 0.0755. The highest BCUT2D eigenvalue weighted by molar-refractivity contribution is 6.05. The molecule has 7 nitrogen and oxygen atoms in total. The van der Waals surface area contributed by atoms with Crippen LogP contribution < -0.4 is 10.1 Å². The van der Waals surface area contributed by atoms with Crippen molar-refractivity contribution in [1.82, 2.24) is 15.5 Å². The Labute approximate surface area is 245 Å². The Balaban J connectivity index is 1.47. The van der Waals surface area contributed by atoms with Crippen molar-refractivity contribution < 1.29 is 32.3 Å². The number of benzene rings is 2. The molecule has 2 fully saturated rings. The largest absolute Gasteiger partial charge is 0.493 e. The number of carbonyl (C=O) groups is 1. The number of aromatic nitrogens is 2. The first kappa shape index (κ1) is 27.6. The van der Waals surface area contributed by atoms with Crippen LogP contribution in [0.3, 0.4) is 0 Å². The minimum Gasteiger partial charge on any atom is -0.493 e. The Kier molecular flexibility index (Phi) is 6.57. The molecule has 222 valence electrons. The van der Waals surface area contributed by atoms with Crippen LogP contribution in [0.2, 0.25) is 0 Å². The molecule has 43 heavy (non-hydrogen) atoms. The monoisotopic (exact) mass is 589 g/mol. The number of aromatic carboxylic acids is 1. The fourth-order valence-corrected chi connectivity index (χ4v) is 6.83. The van der Waals surface area contributed by atoms with Crippen LogP contribution in [0, 0.1) is 5.41 Å². The van der Waals surface area contributed by atoms with Crippen LogP contribution in [0.15, 0.2) is 53.1 Å². The number of pyridine rings is 1. The summed E-state index contributed by atoms with van der Waals surface area (Å²) in [6.07, 6.45) is -0.251. The first-order chi connectivity index (χ1) is 20.7. The maximum Gasteiger partial charge on any atom is 0.417 e. The average Bonchev–Trinajstić information content (AvgIpc) is 3.74. The first-order valence-electron chi connectivity index (χ1n) is 14.6. The summed E-state index contributed by atoms with van der Waals surface area (Å²) in [6, 6.07) is 12.7. The molecule has 0 unspecified atom stereocenters. The summed E-state index contributed by atoms with van der Waals surface area (Å²) in [7, 11) is 0. The lowest BCUT2D eigenvalue weighted by Crippen LogP contribution is -2.42. The number of nitrogens with zero attached hydrogens (tertiary/aromatic N) is 2. The van der Waals surface area contributed by atoms with Gasteiger partial charge in [-0.15, -0.1) is 0 Å². The van der Waals surface area contributed by atoms with Gasteiger partial charge in [0.25, 0.3) is 0 Å². The van der Waals surface area contributed by atoms with Crippen molar-refractivity contribution in [2.45, 2.75) is 51.1 Å². The molecule has 1 aliphatic heterocycles. The van der Waals surface area contributed by atoms with Crippen LogP contribution >= 0.6 is 0 Å². The van der Waals surface area contributed by atoms with Crippen molar-refractivity contribution in [2.75, 3.05) is 19.7 Å². The molecule has 3 heterocycles. The van der Waals surface area contributed by atoms with Gasteiger partial charge in [-0.2, -0.15) is 13.2 Å². The van der Waals surface area contributed by atoms with E-state index >= 15 is 0 Å². The summed E-state index contributed by atoms with van der Waals surface area (Å²) in [6.45, 7) is 3.85. The minimum atomic E-state index is -4.55. The third kappa shape index (κ3) is 4.68. The predicted octanol–water partition coefficient (Wildman–Crippen LogP) is 7.57. The number of rotatable bonds is 7. The molecule has 1 spiro atoms. The van der Waals surface area contributed by atoms with E-state index in [-0.39, 0.29) is 28.3 Å². The smallest absolute Gasteiger partial charge is 0.417 e. The molecule has 0 atom stereocenters. The van der Waals surface area contributed by atoms with Gasteiger partial charge in [-0.1, -0.05) is 29.4 Å². The normalized spacial score (nSPS) is 18.2. The maximum absolute atomic E-state index is 14.2. The van der Waals surface area contributed by atoms with Crippen LogP contribution in [-0.4, -0.2) is 40.9 Å². The van der Waals surface area contributed by atoms with Crippen molar-refractivity contribution in [3.05, 3.63) is 76.7 Å². The van der Waals surface area contributed by atoms with Crippen LogP contribution in [0.25, 0.3) is 33.3 Å². The second-order valence-corrected chi connectivity index (χ2v) is 11.6. The highest BCUT2D eigenvalue weighted by Gasteiger charge is 2.49. The highest BCUT2D eigenvalue weighted by atomic mass is 19.4. The number of fused-ring (bicyclic) bond motifs is 1. The fraction of sp³-hybridized carbons (Fsp3) is 0.364. The molecule has 10 heteroatoms. The van der Waals surface area contributed by atoms with Crippen molar-refractivity contribution in [2.24, 2.45) is 5.41 Å². The standard InChI is InChI=1S/C33H30F3N3O4/c1-2-42-26-16-25(31(40)41)38-24-10-9-19(15-21(24)26)28-22(17-32(28)11-13-37-14-12-32)27-29(39-43-30(27)18-7-8-18)20-5-3-4-6-23(20)33(34,35)36/h3-6,9-10,15-16,18,37H,2,7-8,11-14,17H2,1H3,(H,40,41). The molecule has 3 aliphatic rings. The Morgan fingerprint density at radius 2 is 1.91 bits per heavy atom. The first-order valence-corrected chi connectivity index (χ1v) is 14.6. The Bertz CT molecular complexity index is 1780. The second-order valence-electron chi connectivity index (χ2n) is 11.6. The SMILES string of the molecule is CCOc1cc(C(=O)O)nc2ccc(C3=C(c4c(-c5ccccc5C(F)(F)F)noc4C4CC4)CC34CCNCC4)cc12. The number of piperidine rings is 1. The van der Waals surface area contributed by atoms with E-state index < -0.39 is 17.7 Å². The topological polar surface area (TPSA) is 97.5 Å². The van der Waals surface area contributed by atoms with E-state index in [1.807, 2.05) is 19.1 Å². The van der Waals surface area contributed by atoms with E-state index in [4.69, 9.17) is 9.26 Å². The van der Waals surface area contributed by atoms with Crippen molar-refractivity contribution in [3.8, 4) is 17.0 Å². The quantitative estimate of drug-likeness (QED) is 0.230. The zero-order chi connectivity index (χ0) is 29.9. The molecule has 7 rings (SSSR count). The number of halogens is 3. The van der Waals surface area contributed by atoms with Gasteiger partial charge in [-0.3, -0.25) is 0 Å². The third-order valence-corrected chi connectivity index (χ3v) is 8.94. The van der Waals surface area contributed by atoms with Gasteiger partial charge in [0.1, 0.15) is 17.2 Å². The number of hydrogen-bond donors (Lipinski definition) is 2. The summed E-state index contributed by atoms with van der Waals surface area (Å²) in [5, 5.41) is 18.0. The number of carboxylic acids is 1. The molecule has 0 bridgehead atoms. The summed E-state index contributed by atoms with van der Waals surface area (Å²) < 4.78 is 54.2. The molecule has 2 aliphatic carbocycles. The molecule has 2 aromatic heterocycles. The molecule has 2 aromatic carbocycles. The van der Waals surface area contributed by atoms with E-state index in [9.17, 15) is 23.1 Å².